The van der Waals surface area contributed by atoms with E-state index in [9.17, 15) is 18.0 Å². The van der Waals surface area contributed by atoms with Gasteiger partial charge in [0.15, 0.2) is 0 Å². The molecule has 1 saturated heterocycles. The fourth-order valence-corrected chi connectivity index (χ4v) is 2.90. The van der Waals surface area contributed by atoms with Crippen molar-refractivity contribution >= 4 is 5.91 Å². The van der Waals surface area contributed by atoms with E-state index in [1.807, 2.05) is 24.3 Å². The third kappa shape index (κ3) is 5.12. The van der Waals surface area contributed by atoms with Gasteiger partial charge in [0.25, 0.3) is 0 Å². The summed E-state index contributed by atoms with van der Waals surface area (Å²) >= 11 is 0. The maximum absolute atomic E-state index is 12.8. The number of carbonyl (C=O) groups is 1. The molecule has 1 aliphatic heterocycles. The molecule has 7 heteroatoms. The van der Waals surface area contributed by atoms with Crippen molar-refractivity contribution in [3.8, 4) is 5.75 Å². The molecule has 1 fully saturated rings. The Labute approximate surface area is 140 Å². The lowest BCUT2D eigenvalue weighted by molar-refractivity contribution is -0.188. The summed E-state index contributed by atoms with van der Waals surface area (Å²) in [6.07, 6.45) is -3.72. The average molecular weight is 344 g/mol. The van der Waals surface area contributed by atoms with Gasteiger partial charge in [-0.1, -0.05) is 12.1 Å². The minimum atomic E-state index is -4.23. The second-order valence-corrected chi connectivity index (χ2v) is 6.24. The molecule has 0 spiro atoms. The van der Waals surface area contributed by atoms with Crippen molar-refractivity contribution in [2.75, 3.05) is 33.8 Å². The van der Waals surface area contributed by atoms with E-state index < -0.39 is 12.1 Å². The molecule has 2 rings (SSSR count). The lowest BCUT2D eigenvalue weighted by atomic mass is 9.97. The lowest BCUT2D eigenvalue weighted by Crippen LogP contribution is -2.47. The van der Waals surface area contributed by atoms with Gasteiger partial charge in [0.05, 0.1) is 19.6 Å². The fourth-order valence-electron chi connectivity index (χ4n) is 2.90. The highest BCUT2D eigenvalue weighted by Gasteiger charge is 2.42. The van der Waals surface area contributed by atoms with Gasteiger partial charge in [-0.25, -0.2) is 0 Å². The number of amides is 1. The quantitative estimate of drug-likeness (QED) is 0.823. The Kier molecular flexibility index (Phi) is 6.10. The van der Waals surface area contributed by atoms with Crippen LogP contribution in [0.1, 0.15) is 18.4 Å². The highest BCUT2D eigenvalue weighted by molar-refractivity contribution is 5.78. The number of likely N-dealkylation sites (N-methyl/N-ethyl adjacent to an activating group) is 1. The van der Waals surface area contributed by atoms with Crippen LogP contribution in [0.4, 0.5) is 13.2 Å². The molecule has 0 bridgehead atoms. The van der Waals surface area contributed by atoms with E-state index >= 15 is 0 Å². The molecule has 1 aromatic rings. The molecule has 134 valence electrons. The van der Waals surface area contributed by atoms with Gasteiger partial charge in [-0.05, 0) is 37.6 Å². The number of halogens is 3. The Morgan fingerprint density at radius 2 is 2.00 bits per heavy atom. The van der Waals surface area contributed by atoms with Crippen molar-refractivity contribution in [1.82, 2.24) is 9.80 Å². The predicted molar refractivity (Wildman–Crippen MR) is 84.7 cm³/mol. The van der Waals surface area contributed by atoms with Crippen LogP contribution in [-0.4, -0.2) is 55.7 Å². The highest BCUT2D eigenvalue weighted by atomic mass is 19.4. The summed E-state index contributed by atoms with van der Waals surface area (Å²) < 4.78 is 43.6. The number of likely N-dealkylation sites (tertiary alicyclic amines) is 1. The molecular formula is C17H23F3N2O2. The fraction of sp³-hybridized carbons (Fsp3) is 0.588. The first-order valence-corrected chi connectivity index (χ1v) is 7.95. The molecule has 0 saturated carbocycles. The molecule has 24 heavy (non-hydrogen) atoms. The molecule has 1 unspecified atom stereocenters. The van der Waals surface area contributed by atoms with Gasteiger partial charge in [0, 0.05) is 19.6 Å². The number of piperidine rings is 1. The molecule has 0 aliphatic carbocycles. The van der Waals surface area contributed by atoms with Crippen molar-refractivity contribution in [1.29, 1.82) is 0 Å². The Morgan fingerprint density at radius 1 is 1.33 bits per heavy atom. The average Bonchev–Trinajstić information content (AvgIpc) is 2.54. The number of rotatable bonds is 5. The van der Waals surface area contributed by atoms with Gasteiger partial charge in [-0.3, -0.25) is 9.69 Å². The summed E-state index contributed by atoms with van der Waals surface area (Å²) in [6, 6.07) is 7.48. The van der Waals surface area contributed by atoms with Crippen molar-refractivity contribution in [2.45, 2.75) is 25.6 Å². The topological polar surface area (TPSA) is 32.8 Å². The van der Waals surface area contributed by atoms with Crippen LogP contribution in [-0.2, 0) is 11.3 Å². The smallest absolute Gasteiger partial charge is 0.393 e. The Hall–Kier alpha value is -1.76. The molecule has 1 heterocycles. The van der Waals surface area contributed by atoms with Crippen LogP contribution in [0.2, 0.25) is 0 Å². The molecule has 1 atom stereocenters. The number of hydrogen-bond acceptors (Lipinski definition) is 3. The number of ether oxygens (including phenoxy) is 1. The van der Waals surface area contributed by atoms with Gasteiger partial charge in [-0.2, -0.15) is 13.2 Å². The number of methoxy groups -OCH3 is 1. The van der Waals surface area contributed by atoms with E-state index in [1.165, 1.54) is 4.90 Å². The first kappa shape index (κ1) is 18.6. The molecule has 0 N–H and O–H groups in total. The van der Waals surface area contributed by atoms with Crippen LogP contribution in [0.5, 0.6) is 5.75 Å². The van der Waals surface area contributed by atoms with E-state index in [2.05, 4.69) is 0 Å². The highest BCUT2D eigenvalue weighted by Crippen LogP contribution is 2.33. The predicted octanol–water partition coefficient (Wildman–Crippen LogP) is 2.93. The lowest BCUT2D eigenvalue weighted by Gasteiger charge is -2.34. The molecule has 1 aromatic carbocycles. The number of alkyl halides is 3. The third-order valence-electron chi connectivity index (χ3n) is 4.25. The maximum Gasteiger partial charge on any atom is 0.393 e. The zero-order valence-electron chi connectivity index (χ0n) is 14.0. The molecule has 1 amide bonds. The summed E-state index contributed by atoms with van der Waals surface area (Å²) in [5.41, 5.74) is 1.01. The Morgan fingerprint density at radius 3 is 2.58 bits per heavy atom. The minimum absolute atomic E-state index is 0.106. The van der Waals surface area contributed by atoms with E-state index in [0.717, 1.165) is 11.3 Å². The monoisotopic (exact) mass is 344 g/mol. The summed E-state index contributed by atoms with van der Waals surface area (Å²) in [7, 11) is 3.37. The van der Waals surface area contributed by atoms with Crippen molar-refractivity contribution in [3.05, 3.63) is 29.8 Å². The first-order chi connectivity index (χ1) is 11.3. The largest absolute Gasteiger partial charge is 0.497 e. The van der Waals surface area contributed by atoms with Crippen LogP contribution in [0, 0.1) is 5.92 Å². The number of nitrogens with zero attached hydrogens (tertiary/aromatic N) is 2. The van der Waals surface area contributed by atoms with Crippen molar-refractivity contribution in [3.63, 3.8) is 0 Å². The molecule has 1 aliphatic rings. The van der Waals surface area contributed by atoms with E-state index in [1.54, 1.807) is 19.1 Å². The van der Waals surface area contributed by atoms with Crippen molar-refractivity contribution < 1.29 is 22.7 Å². The van der Waals surface area contributed by atoms with E-state index in [-0.39, 0.29) is 25.4 Å². The van der Waals surface area contributed by atoms with Gasteiger partial charge in [0.1, 0.15) is 5.75 Å². The zero-order valence-corrected chi connectivity index (χ0v) is 14.0. The zero-order chi connectivity index (χ0) is 17.7. The third-order valence-corrected chi connectivity index (χ3v) is 4.25. The molecule has 0 radical (unpaired) electrons. The van der Waals surface area contributed by atoms with Crippen LogP contribution in [0.3, 0.4) is 0 Å². The van der Waals surface area contributed by atoms with Crippen LogP contribution < -0.4 is 4.74 Å². The first-order valence-electron chi connectivity index (χ1n) is 7.95. The van der Waals surface area contributed by atoms with E-state index in [0.29, 0.717) is 19.5 Å². The molecule has 0 aromatic heterocycles. The SMILES string of the molecule is COc1ccc(CN(C)CC(=O)N2CCCC(C(F)(F)F)C2)cc1. The van der Waals surface area contributed by atoms with E-state index in [4.69, 9.17) is 4.74 Å². The van der Waals surface area contributed by atoms with Gasteiger partial charge < -0.3 is 9.64 Å². The van der Waals surface area contributed by atoms with Crippen LogP contribution >= 0.6 is 0 Å². The number of carbonyl (C=O) groups excluding carboxylic acids is 1. The Bertz CT molecular complexity index is 546. The van der Waals surface area contributed by atoms with Gasteiger partial charge >= 0.3 is 6.18 Å². The second-order valence-electron chi connectivity index (χ2n) is 6.24. The Balaban J connectivity index is 1.86. The van der Waals surface area contributed by atoms with Gasteiger partial charge in [0.2, 0.25) is 5.91 Å². The second kappa shape index (κ2) is 7.88. The standard InChI is InChI=1S/C17H23F3N2O2/c1-21(10-13-5-7-15(24-2)8-6-13)12-16(23)22-9-3-4-14(11-22)17(18,19)20/h5-8,14H,3-4,9-12H2,1-2H3. The summed E-state index contributed by atoms with van der Waals surface area (Å²) in [5.74, 6) is -0.897. The van der Waals surface area contributed by atoms with Crippen molar-refractivity contribution in [2.24, 2.45) is 5.92 Å². The van der Waals surface area contributed by atoms with Crippen LogP contribution in [0.15, 0.2) is 24.3 Å². The summed E-state index contributed by atoms with van der Waals surface area (Å²) in [6.45, 7) is 0.837. The summed E-state index contributed by atoms with van der Waals surface area (Å²) in [5, 5.41) is 0. The normalized spacial score (nSPS) is 18.8. The maximum atomic E-state index is 12.8. The molecule has 4 nitrogen and oxygen atoms in total. The summed E-state index contributed by atoms with van der Waals surface area (Å²) in [4.78, 5) is 15.4. The minimum Gasteiger partial charge on any atom is -0.497 e. The number of hydrogen-bond donors (Lipinski definition) is 0. The molecular weight excluding hydrogens is 321 g/mol. The van der Waals surface area contributed by atoms with Gasteiger partial charge in [-0.15, -0.1) is 0 Å². The van der Waals surface area contributed by atoms with Crippen LogP contribution in [0.25, 0.3) is 0 Å². The number of benzene rings is 1.